The number of hydrogen-bond acceptors (Lipinski definition) is 4. The zero-order valence-electron chi connectivity index (χ0n) is 15.9. The van der Waals surface area contributed by atoms with Crippen LogP contribution in [0.1, 0.15) is 28.8 Å². The van der Waals surface area contributed by atoms with E-state index in [4.69, 9.17) is 4.74 Å². The molecule has 4 heterocycles. The van der Waals surface area contributed by atoms with Crippen LogP contribution in [0.15, 0.2) is 48.9 Å². The Hall–Kier alpha value is -2.73. The van der Waals surface area contributed by atoms with Gasteiger partial charge in [-0.3, -0.25) is 4.79 Å². The van der Waals surface area contributed by atoms with Gasteiger partial charge in [-0.05, 0) is 30.9 Å². The van der Waals surface area contributed by atoms with Crippen LogP contribution >= 0.6 is 0 Å². The fraction of sp³-hybridized carbons (Fsp3) is 0.409. The smallest absolute Gasteiger partial charge is 0.255 e. The summed E-state index contributed by atoms with van der Waals surface area (Å²) in [6.07, 6.45) is 6.52. The van der Waals surface area contributed by atoms with Gasteiger partial charge in [-0.25, -0.2) is 9.97 Å². The maximum Gasteiger partial charge on any atom is 0.255 e. The molecule has 0 bridgehead atoms. The van der Waals surface area contributed by atoms with Gasteiger partial charge in [0.1, 0.15) is 5.52 Å². The Kier molecular flexibility index (Phi) is 4.36. The Balaban J connectivity index is 1.31. The summed E-state index contributed by atoms with van der Waals surface area (Å²) in [4.78, 5) is 24.0. The molecule has 6 heteroatoms. The number of rotatable bonds is 4. The summed E-state index contributed by atoms with van der Waals surface area (Å²) in [6.45, 7) is 3.99. The SMILES string of the molecule is O=C(c1cnc2c(c1)ncn2CCc1ccccc1)N1CCC2(CCOC2)C1. The summed E-state index contributed by atoms with van der Waals surface area (Å²) in [6, 6.07) is 12.3. The van der Waals surface area contributed by atoms with Crippen molar-refractivity contribution in [1.82, 2.24) is 19.4 Å². The minimum Gasteiger partial charge on any atom is -0.381 e. The van der Waals surface area contributed by atoms with Crippen LogP contribution in [0.25, 0.3) is 11.2 Å². The van der Waals surface area contributed by atoms with Gasteiger partial charge in [-0.2, -0.15) is 0 Å². The molecule has 1 amide bonds. The molecule has 1 unspecified atom stereocenters. The molecule has 0 saturated carbocycles. The first-order valence-corrected chi connectivity index (χ1v) is 9.94. The highest BCUT2D eigenvalue weighted by molar-refractivity contribution is 5.96. The van der Waals surface area contributed by atoms with Gasteiger partial charge in [0.05, 0.1) is 18.5 Å². The number of aryl methyl sites for hydroxylation is 2. The van der Waals surface area contributed by atoms with Crippen LogP contribution in [0, 0.1) is 5.41 Å². The second kappa shape index (κ2) is 7.02. The molecule has 1 aromatic carbocycles. The van der Waals surface area contributed by atoms with Gasteiger partial charge in [0, 0.05) is 37.9 Å². The average molecular weight is 376 g/mol. The number of fused-ring (bicyclic) bond motifs is 1. The molecular formula is C22H24N4O2. The molecule has 144 valence electrons. The summed E-state index contributed by atoms with van der Waals surface area (Å²) in [5.74, 6) is 0.0528. The van der Waals surface area contributed by atoms with Crippen LogP contribution in [0.4, 0.5) is 0 Å². The molecule has 1 atom stereocenters. The van der Waals surface area contributed by atoms with Crippen molar-refractivity contribution in [3.63, 3.8) is 0 Å². The highest BCUT2D eigenvalue weighted by Gasteiger charge is 2.42. The minimum atomic E-state index is 0.0528. The highest BCUT2D eigenvalue weighted by atomic mass is 16.5. The van der Waals surface area contributed by atoms with Crippen LogP contribution in [0.3, 0.4) is 0 Å². The molecule has 6 nitrogen and oxygen atoms in total. The molecule has 5 rings (SSSR count). The van der Waals surface area contributed by atoms with E-state index in [0.717, 1.165) is 63.3 Å². The van der Waals surface area contributed by atoms with E-state index in [1.54, 1.807) is 6.20 Å². The lowest BCUT2D eigenvalue weighted by Gasteiger charge is -2.21. The number of likely N-dealkylation sites (tertiary alicyclic amines) is 1. The van der Waals surface area contributed by atoms with Gasteiger partial charge in [-0.1, -0.05) is 30.3 Å². The molecule has 1 spiro atoms. The Morgan fingerprint density at radius 3 is 2.89 bits per heavy atom. The molecule has 0 radical (unpaired) electrons. The fourth-order valence-corrected chi connectivity index (χ4v) is 4.39. The topological polar surface area (TPSA) is 60.2 Å². The molecule has 0 N–H and O–H groups in total. The number of carbonyl (C=O) groups excluding carboxylic acids is 1. The highest BCUT2D eigenvalue weighted by Crippen LogP contribution is 2.38. The maximum absolute atomic E-state index is 13.0. The van der Waals surface area contributed by atoms with E-state index < -0.39 is 0 Å². The van der Waals surface area contributed by atoms with E-state index in [1.165, 1.54) is 5.56 Å². The van der Waals surface area contributed by atoms with Gasteiger partial charge in [0.2, 0.25) is 0 Å². The van der Waals surface area contributed by atoms with Crippen molar-refractivity contribution >= 4 is 17.1 Å². The van der Waals surface area contributed by atoms with Crippen molar-refractivity contribution in [2.24, 2.45) is 5.41 Å². The van der Waals surface area contributed by atoms with E-state index in [9.17, 15) is 4.79 Å². The molecule has 2 fully saturated rings. The largest absolute Gasteiger partial charge is 0.381 e. The standard InChI is InChI=1S/C22H24N4O2/c27-21(25-10-7-22(14-25)8-11-28-15-22)18-12-19-20(23-13-18)26(16-24-19)9-6-17-4-2-1-3-5-17/h1-5,12-13,16H,6-11,14-15H2. The summed E-state index contributed by atoms with van der Waals surface area (Å²) in [5.41, 5.74) is 3.69. The molecule has 2 aliphatic rings. The number of ether oxygens (including phenoxy) is 1. The van der Waals surface area contributed by atoms with Crippen molar-refractivity contribution in [2.75, 3.05) is 26.3 Å². The molecule has 2 aliphatic heterocycles. The fourth-order valence-electron chi connectivity index (χ4n) is 4.39. The van der Waals surface area contributed by atoms with Gasteiger partial charge < -0.3 is 14.2 Å². The molecule has 3 aromatic rings. The Labute approximate surface area is 164 Å². The number of imidazole rings is 1. The summed E-state index contributed by atoms with van der Waals surface area (Å²) < 4.78 is 7.62. The first kappa shape index (κ1) is 17.4. The molecular weight excluding hydrogens is 352 g/mol. The Bertz CT molecular complexity index is 992. The van der Waals surface area contributed by atoms with Crippen molar-refractivity contribution in [2.45, 2.75) is 25.8 Å². The van der Waals surface area contributed by atoms with E-state index in [2.05, 4.69) is 38.8 Å². The van der Waals surface area contributed by atoms with Gasteiger partial charge in [-0.15, -0.1) is 0 Å². The van der Waals surface area contributed by atoms with E-state index in [-0.39, 0.29) is 11.3 Å². The van der Waals surface area contributed by atoms with Gasteiger partial charge >= 0.3 is 0 Å². The van der Waals surface area contributed by atoms with Crippen molar-refractivity contribution in [3.8, 4) is 0 Å². The zero-order chi connectivity index (χ0) is 19.0. The lowest BCUT2D eigenvalue weighted by Crippen LogP contribution is -2.32. The van der Waals surface area contributed by atoms with Crippen LogP contribution in [-0.2, 0) is 17.7 Å². The zero-order valence-corrected chi connectivity index (χ0v) is 15.9. The summed E-state index contributed by atoms with van der Waals surface area (Å²) >= 11 is 0. The normalized spacial score (nSPS) is 21.8. The van der Waals surface area contributed by atoms with E-state index in [0.29, 0.717) is 5.56 Å². The van der Waals surface area contributed by atoms with E-state index in [1.807, 2.05) is 23.4 Å². The molecule has 2 aromatic heterocycles. The van der Waals surface area contributed by atoms with Crippen molar-refractivity contribution < 1.29 is 9.53 Å². The predicted molar refractivity (Wildman–Crippen MR) is 106 cm³/mol. The molecule has 2 saturated heterocycles. The van der Waals surface area contributed by atoms with Crippen LogP contribution < -0.4 is 0 Å². The Morgan fingerprint density at radius 2 is 2.07 bits per heavy atom. The maximum atomic E-state index is 13.0. The third kappa shape index (κ3) is 3.18. The first-order valence-electron chi connectivity index (χ1n) is 9.94. The number of benzene rings is 1. The molecule has 0 aliphatic carbocycles. The Morgan fingerprint density at radius 1 is 1.18 bits per heavy atom. The van der Waals surface area contributed by atoms with Crippen LogP contribution in [0.2, 0.25) is 0 Å². The predicted octanol–water partition coefficient (Wildman–Crippen LogP) is 2.93. The van der Waals surface area contributed by atoms with Crippen molar-refractivity contribution in [1.29, 1.82) is 0 Å². The minimum absolute atomic E-state index is 0.0528. The number of amides is 1. The quantitative estimate of drug-likeness (QED) is 0.702. The summed E-state index contributed by atoms with van der Waals surface area (Å²) in [5, 5.41) is 0. The number of pyridine rings is 1. The number of hydrogen-bond donors (Lipinski definition) is 0. The second-order valence-corrected chi connectivity index (χ2v) is 8.02. The van der Waals surface area contributed by atoms with Gasteiger partial charge in [0.15, 0.2) is 5.65 Å². The third-order valence-corrected chi connectivity index (χ3v) is 6.10. The number of carbonyl (C=O) groups is 1. The number of nitrogens with zero attached hydrogens (tertiary/aromatic N) is 4. The third-order valence-electron chi connectivity index (χ3n) is 6.10. The van der Waals surface area contributed by atoms with Crippen LogP contribution in [-0.4, -0.2) is 51.6 Å². The number of aromatic nitrogens is 3. The lowest BCUT2D eigenvalue weighted by atomic mass is 9.87. The lowest BCUT2D eigenvalue weighted by molar-refractivity contribution is 0.0765. The second-order valence-electron chi connectivity index (χ2n) is 8.02. The monoisotopic (exact) mass is 376 g/mol. The average Bonchev–Trinajstić information content (AvgIpc) is 3.47. The molecule has 28 heavy (non-hydrogen) atoms. The van der Waals surface area contributed by atoms with E-state index >= 15 is 0 Å². The first-order chi connectivity index (χ1) is 13.7. The van der Waals surface area contributed by atoms with Crippen molar-refractivity contribution in [3.05, 3.63) is 60.0 Å². The summed E-state index contributed by atoms with van der Waals surface area (Å²) in [7, 11) is 0. The van der Waals surface area contributed by atoms with Gasteiger partial charge in [0.25, 0.3) is 5.91 Å². The van der Waals surface area contributed by atoms with Crippen LogP contribution in [0.5, 0.6) is 0 Å².